The SMILES string of the molecule is O=C(OC(C(=O)NC1CC1)c1ccccc1)c1cccc(-n2cccc2)c1. The summed E-state index contributed by atoms with van der Waals surface area (Å²) in [6, 6.07) is 20.3. The van der Waals surface area contributed by atoms with Crippen LogP contribution in [0, 0.1) is 0 Å². The topological polar surface area (TPSA) is 60.3 Å². The Morgan fingerprint density at radius 1 is 0.963 bits per heavy atom. The van der Waals surface area contributed by atoms with Crippen LogP contribution in [0.4, 0.5) is 0 Å². The standard InChI is InChI=1S/C22H20N2O3/c25-21(23-18-11-12-18)20(16-7-2-1-3-8-16)27-22(26)17-9-6-10-19(15-17)24-13-4-5-14-24/h1-10,13-15,18,20H,11-12H2,(H,23,25). The second-order valence-corrected chi connectivity index (χ2v) is 6.62. The van der Waals surface area contributed by atoms with Gasteiger partial charge in [0.15, 0.2) is 0 Å². The number of amides is 1. The second kappa shape index (κ2) is 7.50. The molecule has 1 atom stereocenters. The lowest BCUT2D eigenvalue weighted by Crippen LogP contribution is -2.33. The molecule has 5 nitrogen and oxygen atoms in total. The first-order chi connectivity index (χ1) is 13.2. The quantitative estimate of drug-likeness (QED) is 0.683. The Morgan fingerprint density at radius 2 is 1.70 bits per heavy atom. The summed E-state index contributed by atoms with van der Waals surface area (Å²) in [4.78, 5) is 25.4. The van der Waals surface area contributed by atoms with Gasteiger partial charge in [0.1, 0.15) is 0 Å². The Morgan fingerprint density at radius 3 is 2.41 bits per heavy atom. The van der Waals surface area contributed by atoms with Crippen molar-refractivity contribution < 1.29 is 14.3 Å². The predicted octanol–water partition coefficient (Wildman–Crippen LogP) is 3.65. The first-order valence-corrected chi connectivity index (χ1v) is 9.00. The van der Waals surface area contributed by atoms with Gasteiger partial charge in [-0.2, -0.15) is 0 Å². The molecule has 3 aromatic rings. The van der Waals surface area contributed by atoms with E-state index >= 15 is 0 Å². The monoisotopic (exact) mass is 360 g/mol. The Balaban J connectivity index is 1.56. The van der Waals surface area contributed by atoms with E-state index in [4.69, 9.17) is 4.74 Å². The third kappa shape index (κ3) is 4.08. The van der Waals surface area contributed by atoms with Crippen molar-refractivity contribution in [2.45, 2.75) is 25.0 Å². The van der Waals surface area contributed by atoms with Gasteiger partial charge in [-0.25, -0.2) is 4.79 Å². The van der Waals surface area contributed by atoms with Crippen LogP contribution in [0.5, 0.6) is 0 Å². The van der Waals surface area contributed by atoms with Crippen LogP contribution in [0.1, 0.15) is 34.9 Å². The van der Waals surface area contributed by atoms with Crippen molar-refractivity contribution in [3.05, 3.63) is 90.3 Å². The molecule has 1 fully saturated rings. The number of nitrogens with zero attached hydrogens (tertiary/aromatic N) is 1. The van der Waals surface area contributed by atoms with Crippen LogP contribution < -0.4 is 5.32 Å². The molecule has 1 aliphatic rings. The summed E-state index contributed by atoms with van der Waals surface area (Å²) >= 11 is 0. The molecule has 27 heavy (non-hydrogen) atoms. The van der Waals surface area contributed by atoms with Gasteiger partial charge in [0.05, 0.1) is 5.56 Å². The number of benzene rings is 2. The maximum atomic E-state index is 12.7. The average molecular weight is 360 g/mol. The lowest BCUT2D eigenvalue weighted by Gasteiger charge is -2.18. The number of rotatable bonds is 6. The van der Waals surface area contributed by atoms with Gasteiger partial charge >= 0.3 is 5.97 Å². The largest absolute Gasteiger partial charge is 0.444 e. The Labute approximate surface area is 157 Å². The maximum absolute atomic E-state index is 12.7. The van der Waals surface area contributed by atoms with Crippen molar-refractivity contribution >= 4 is 11.9 Å². The summed E-state index contributed by atoms with van der Waals surface area (Å²) in [6.07, 6.45) is 4.79. The molecule has 0 saturated heterocycles. The van der Waals surface area contributed by atoms with E-state index in [1.54, 1.807) is 30.3 Å². The van der Waals surface area contributed by atoms with Crippen molar-refractivity contribution in [2.24, 2.45) is 0 Å². The number of hydrogen-bond acceptors (Lipinski definition) is 3. The zero-order valence-corrected chi connectivity index (χ0v) is 14.7. The van der Waals surface area contributed by atoms with Gasteiger partial charge in [-0.3, -0.25) is 4.79 Å². The van der Waals surface area contributed by atoms with Crippen molar-refractivity contribution in [1.82, 2.24) is 9.88 Å². The third-order valence-corrected chi connectivity index (χ3v) is 4.47. The number of ether oxygens (including phenoxy) is 1. The first-order valence-electron chi connectivity index (χ1n) is 9.00. The van der Waals surface area contributed by atoms with E-state index in [1.165, 1.54) is 0 Å². The second-order valence-electron chi connectivity index (χ2n) is 6.62. The smallest absolute Gasteiger partial charge is 0.339 e. The number of carbonyl (C=O) groups excluding carboxylic acids is 2. The van der Waals surface area contributed by atoms with Crippen LogP contribution >= 0.6 is 0 Å². The Bertz CT molecular complexity index is 931. The lowest BCUT2D eigenvalue weighted by atomic mass is 10.1. The van der Waals surface area contributed by atoms with Crippen LogP contribution in [0.2, 0.25) is 0 Å². The first kappa shape index (κ1) is 17.1. The van der Waals surface area contributed by atoms with Gasteiger partial charge < -0.3 is 14.6 Å². The summed E-state index contributed by atoms with van der Waals surface area (Å²) in [5.41, 5.74) is 1.92. The molecular weight excluding hydrogens is 340 g/mol. The molecule has 1 N–H and O–H groups in total. The van der Waals surface area contributed by atoms with Gasteiger partial charge in [0.25, 0.3) is 5.91 Å². The van der Waals surface area contributed by atoms with Crippen LogP contribution in [0.3, 0.4) is 0 Å². The number of hydrogen-bond donors (Lipinski definition) is 1. The van der Waals surface area contributed by atoms with E-state index in [2.05, 4.69) is 5.32 Å². The number of aromatic nitrogens is 1. The summed E-state index contributed by atoms with van der Waals surface area (Å²) in [6.45, 7) is 0. The van der Waals surface area contributed by atoms with E-state index in [0.717, 1.165) is 18.5 Å². The minimum Gasteiger partial charge on any atom is -0.444 e. The molecular formula is C22H20N2O3. The number of carbonyl (C=O) groups is 2. The van der Waals surface area contributed by atoms with Crippen molar-refractivity contribution in [1.29, 1.82) is 0 Å². The molecule has 0 aliphatic heterocycles. The highest BCUT2D eigenvalue weighted by molar-refractivity contribution is 5.93. The van der Waals surface area contributed by atoms with Crippen molar-refractivity contribution in [3.8, 4) is 5.69 Å². The minimum atomic E-state index is -0.963. The fraction of sp³-hybridized carbons (Fsp3) is 0.182. The van der Waals surface area contributed by atoms with E-state index in [9.17, 15) is 9.59 Å². The number of nitrogens with one attached hydrogen (secondary N) is 1. The molecule has 1 amide bonds. The molecule has 4 rings (SSSR count). The molecule has 5 heteroatoms. The molecule has 1 heterocycles. The fourth-order valence-corrected chi connectivity index (χ4v) is 2.88. The summed E-state index contributed by atoms with van der Waals surface area (Å²) in [7, 11) is 0. The fourth-order valence-electron chi connectivity index (χ4n) is 2.88. The highest BCUT2D eigenvalue weighted by Gasteiger charge is 2.31. The van der Waals surface area contributed by atoms with Crippen LogP contribution in [0.15, 0.2) is 79.1 Å². The van der Waals surface area contributed by atoms with E-state index in [1.807, 2.05) is 53.4 Å². The van der Waals surface area contributed by atoms with Gasteiger partial charge in [-0.05, 0) is 43.2 Å². The van der Waals surface area contributed by atoms with Crippen molar-refractivity contribution in [2.75, 3.05) is 0 Å². The molecule has 136 valence electrons. The molecule has 0 spiro atoms. The highest BCUT2D eigenvalue weighted by Crippen LogP contribution is 2.24. The molecule has 1 aromatic heterocycles. The van der Waals surface area contributed by atoms with Crippen LogP contribution in [0.25, 0.3) is 5.69 Å². The normalized spacial score (nSPS) is 14.4. The molecule has 1 saturated carbocycles. The van der Waals surface area contributed by atoms with Gasteiger partial charge in [-0.1, -0.05) is 36.4 Å². The summed E-state index contributed by atoms with van der Waals surface area (Å²) in [5, 5.41) is 2.92. The zero-order valence-electron chi connectivity index (χ0n) is 14.7. The van der Waals surface area contributed by atoms with E-state index in [0.29, 0.717) is 11.1 Å². The third-order valence-electron chi connectivity index (χ3n) is 4.47. The Kier molecular flexibility index (Phi) is 4.75. The van der Waals surface area contributed by atoms with Gasteiger partial charge in [-0.15, -0.1) is 0 Å². The summed E-state index contributed by atoms with van der Waals surface area (Å²) in [5.74, 6) is -0.803. The van der Waals surface area contributed by atoms with E-state index < -0.39 is 12.1 Å². The molecule has 0 bridgehead atoms. The zero-order chi connectivity index (χ0) is 18.6. The summed E-state index contributed by atoms with van der Waals surface area (Å²) < 4.78 is 7.53. The minimum absolute atomic E-state index is 0.194. The highest BCUT2D eigenvalue weighted by atomic mass is 16.5. The average Bonchev–Trinajstić information content (AvgIpc) is 3.34. The van der Waals surface area contributed by atoms with Gasteiger partial charge in [0.2, 0.25) is 6.10 Å². The Hall–Kier alpha value is -3.34. The molecule has 1 unspecified atom stereocenters. The molecule has 1 aliphatic carbocycles. The van der Waals surface area contributed by atoms with Crippen LogP contribution in [-0.2, 0) is 9.53 Å². The maximum Gasteiger partial charge on any atom is 0.339 e. The molecule has 0 radical (unpaired) electrons. The van der Waals surface area contributed by atoms with Crippen molar-refractivity contribution in [3.63, 3.8) is 0 Å². The number of esters is 1. The predicted molar refractivity (Wildman–Crippen MR) is 102 cm³/mol. The lowest BCUT2D eigenvalue weighted by molar-refractivity contribution is -0.130. The molecule has 2 aromatic carbocycles. The van der Waals surface area contributed by atoms with E-state index in [-0.39, 0.29) is 11.9 Å². The van der Waals surface area contributed by atoms with Crippen LogP contribution in [-0.4, -0.2) is 22.5 Å². The van der Waals surface area contributed by atoms with Gasteiger partial charge in [0, 0.05) is 29.7 Å².